The second-order valence-corrected chi connectivity index (χ2v) is 9.66. The van der Waals surface area contributed by atoms with Crippen LogP contribution in [0.3, 0.4) is 0 Å². The van der Waals surface area contributed by atoms with Crippen LogP contribution >= 0.6 is 0 Å². The van der Waals surface area contributed by atoms with Gasteiger partial charge in [-0.15, -0.1) is 0 Å². The third-order valence-corrected chi connectivity index (χ3v) is 7.98. The predicted molar refractivity (Wildman–Crippen MR) is 119 cm³/mol. The van der Waals surface area contributed by atoms with Crippen molar-refractivity contribution in [2.24, 2.45) is 0 Å². The van der Waals surface area contributed by atoms with Crippen molar-refractivity contribution in [1.82, 2.24) is 14.1 Å². The number of nitrogens with zero attached hydrogens (tertiary/aromatic N) is 3. The molecule has 0 aromatic heterocycles. The number of carbonyl (C=O) groups excluding carboxylic acids is 1. The maximum Gasteiger partial charge on any atom is 0.254 e. The molecule has 0 saturated carbocycles. The number of likely N-dealkylation sites (N-methyl/N-ethyl adjacent to an activating group) is 1. The monoisotopic (exact) mass is 429 g/mol. The summed E-state index contributed by atoms with van der Waals surface area (Å²) < 4.78 is 27.6. The molecule has 1 saturated heterocycles. The first-order valence-corrected chi connectivity index (χ1v) is 11.9. The number of rotatable bonds is 6. The molecule has 3 rings (SSSR count). The van der Waals surface area contributed by atoms with E-state index >= 15 is 0 Å². The predicted octanol–water partition coefficient (Wildman–Crippen LogP) is 3.15. The van der Waals surface area contributed by atoms with Crippen LogP contribution in [0.15, 0.2) is 53.4 Å². The topological polar surface area (TPSA) is 60.9 Å². The van der Waals surface area contributed by atoms with E-state index in [2.05, 4.69) is 11.9 Å². The van der Waals surface area contributed by atoms with Crippen molar-refractivity contribution in [2.45, 2.75) is 31.7 Å². The van der Waals surface area contributed by atoms with Crippen molar-refractivity contribution >= 4 is 15.9 Å². The first-order chi connectivity index (χ1) is 14.3. The molecule has 2 aromatic carbocycles. The molecule has 7 heteroatoms. The highest BCUT2D eigenvalue weighted by molar-refractivity contribution is 7.89. The van der Waals surface area contributed by atoms with Crippen molar-refractivity contribution < 1.29 is 13.2 Å². The van der Waals surface area contributed by atoms with Crippen LogP contribution in [0.1, 0.15) is 41.4 Å². The van der Waals surface area contributed by atoms with E-state index in [0.29, 0.717) is 30.8 Å². The van der Waals surface area contributed by atoms with Crippen LogP contribution < -0.4 is 0 Å². The Kier molecular flexibility index (Phi) is 6.95. The summed E-state index contributed by atoms with van der Waals surface area (Å²) in [6, 6.07) is 14.9. The van der Waals surface area contributed by atoms with Gasteiger partial charge in [-0.1, -0.05) is 50.2 Å². The molecule has 1 aliphatic heterocycles. The number of aryl methyl sites for hydroxylation is 1. The number of hydrogen-bond donors (Lipinski definition) is 0. The van der Waals surface area contributed by atoms with Crippen molar-refractivity contribution in [3.63, 3.8) is 0 Å². The standard InChI is InChI=1S/C23H31N3O3S/c1-5-25(6-2)30(28,29)22-16-20(13-12-18(22)3)23(27)26-15-14-24(4)17-21(26)19-10-8-7-9-11-19/h7-13,16,21H,5-6,14-15,17H2,1-4H3. The first kappa shape index (κ1) is 22.5. The molecule has 1 fully saturated rings. The van der Waals surface area contributed by atoms with Crippen LogP contribution in [-0.4, -0.2) is 68.2 Å². The van der Waals surface area contributed by atoms with Gasteiger partial charge in [0.25, 0.3) is 5.91 Å². The van der Waals surface area contributed by atoms with Gasteiger partial charge in [0.15, 0.2) is 0 Å². The molecule has 1 atom stereocenters. The Hall–Kier alpha value is -2.22. The molecule has 0 N–H and O–H groups in total. The number of hydrogen-bond acceptors (Lipinski definition) is 4. The Morgan fingerprint density at radius 3 is 2.37 bits per heavy atom. The van der Waals surface area contributed by atoms with Gasteiger partial charge < -0.3 is 9.80 Å². The minimum absolute atomic E-state index is 0.0680. The summed E-state index contributed by atoms with van der Waals surface area (Å²) in [4.78, 5) is 17.8. The normalized spacial score (nSPS) is 18.0. The Bertz CT molecular complexity index is 988. The van der Waals surface area contributed by atoms with E-state index in [1.807, 2.05) is 49.1 Å². The Labute approximate surface area is 180 Å². The highest BCUT2D eigenvalue weighted by atomic mass is 32.2. The van der Waals surface area contributed by atoms with Crippen LogP contribution in [0.25, 0.3) is 0 Å². The summed E-state index contributed by atoms with van der Waals surface area (Å²) in [6.45, 7) is 8.32. The van der Waals surface area contributed by atoms with Crippen molar-refractivity contribution in [1.29, 1.82) is 0 Å². The third-order valence-electron chi connectivity index (χ3n) is 5.79. The van der Waals surface area contributed by atoms with Crippen LogP contribution in [0.4, 0.5) is 0 Å². The molecule has 1 aliphatic rings. The molecule has 1 amide bonds. The van der Waals surface area contributed by atoms with E-state index in [1.165, 1.54) is 4.31 Å². The Morgan fingerprint density at radius 2 is 1.73 bits per heavy atom. The van der Waals surface area contributed by atoms with E-state index in [0.717, 1.165) is 18.7 Å². The quantitative estimate of drug-likeness (QED) is 0.708. The fourth-order valence-corrected chi connectivity index (χ4v) is 5.71. The average Bonchev–Trinajstić information content (AvgIpc) is 2.74. The lowest BCUT2D eigenvalue weighted by molar-refractivity contribution is 0.0498. The van der Waals surface area contributed by atoms with Gasteiger partial charge in [0, 0.05) is 38.3 Å². The molecule has 0 radical (unpaired) electrons. The van der Waals surface area contributed by atoms with E-state index in [-0.39, 0.29) is 16.8 Å². The van der Waals surface area contributed by atoms with Crippen molar-refractivity contribution in [2.75, 3.05) is 39.8 Å². The van der Waals surface area contributed by atoms with Gasteiger partial charge in [0.1, 0.15) is 0 Å². The van der Waals surface area contributed by atoms with Crippen LogP contribution in [0, 0.1) is 6.92 Å². The zero-order chi connectivity index (χ0) is 21.9. The minimum atomic E-state index is -3.64. The zero-order valence-corrected chi connectivity index (χ0v) is 19.0. The summed E-state index contributed by atoms with van der Waals surface area (Å²) >= 11 is 0. The second-order valence-electron chi connectivity index (χ2n) is 7.76. The van der Waals surface area contributed by atoms with Gasteiger partial charge in [0.05, 0.1) is 10.9 Å². The Morgan fingerprint density at radius 1 is 1.07 bits per heavy atom. The molecule has 30 heavy (non-hydrogen) atoms. The summed E-state index contributed by atoms with van der Waals surface area (Å²) in [7, 11) is -1.58. The van der Waals surface area contributed by atoms with Gasteiger partial charge in [-0.2, -0.15) is 4.31 Å². The highest BCUT2D eigenvalue weighted by Crippen LogP contribution is 2.28. The number of carbonyl (C=O) groups is 1. The molecule has 2 aromatic rings. The smallest absolute Gasteiger partial charge is 0.254 e. The largest absolute Gasteiger partial charge is 0.329 e. The number of sulfonamides is 1. The van der Waals surface area contributed by atoms with E-state index in [4.69, 9.17) is 0 Å². The van der Waals surface area contributed by atoms with Gasteiger partial charge in [-0.25, -0.2) is 8.42 Å². The fourth-order valence-electron chi connectivity index (χ4n) is 4.00. The summed E-state index contributed by atoms with van der Waals surface area (Å²) in [6.07, 6.45) is 0. The van der Waals surface area contributed by atoms with Crippen LogP contribution in [0.2, 0.25) is 0 Å². The van der Waals surface area contributed by atoms with Crippen molar-refractivity contribution in [3.8, 4) is 0 Å². The summed E-state index contributed by atoms with van der Waals surface area (Å²) in [5.41, 5.74) is 2.15. The number of amides is 1. The minimum Gasteiger partial charge on any atom is -0.329 e. The van der Waals surface area contributed by atoms with Gasteiger partial charge >= 0.3 is 0 Å². The summed E-state index contributed by atoms with van der Waals surface area (Å²) in [5, 5.41) is 0. The molecule has 0 spiro atoms. The molecule has 0 bridgehead atoms. The SMILES string of the molecule is CCN(CC)S(=O)(=O)c1cc(C(=O)N2CCN(C)CC2c2ccccc2)ccc1C. The molecular weight excluding hydrogens is 398 g/mol. The number of benzene rings is 2. The number of piperazine rings is 1. The van der Waals surface area contributed by atoms with Gasteiger partial charge in [-0.3, -0.25) is 4.79 Å². The van der Waals surface area contributed by atoms with Gasteiger partial charge in [-0.05, 0) is 37.2 Å². The molecule has 0 aliphatic carbocycles. The average molecular weight is 430 g/mol. The molecule has 162 valence electrons. The zero-order valence-electron chi connectivity index (χ0n) is 18.2. The van der Waals surface area contributed by atoms with Crippen LogP contribution in [0.5, 0.6) is 0 Å². The van der Waals surface area contributed by atoms with E-state index in [9.17, 15) is 13.2 Å². The second kappa shape index (κ2) is 9.29. The lowest BCUT2D eigenvalue weighted by Crippen LogP contribution is -2.49. The molecule has 1 heterocycles. The summed E-state index contributed by atoms with van der Waals surface area (Å²) in [5.74, 6) is -0.132. The highest BCUT2D eigenvalue weighted by Gasteiger charge is 2.32. The maximum atomic E-state index is 13.5. The van der Waals surface area contributed by atoms with Crippen LogP contribution in [-0.2, 0) is 10.0 Å². The molecule has 1 unspecified atom stereocenters. The van der Waals surface area contributed by atoms with E-state index < -0.39 is 10.0 Å². The lowest BCUT2D eigenvalue weighted by atomic mass is 10.0. The van der Waals surface area contributed by atoms with Gasteiger partial charge in [0.2, 0.25) is 10.0 Å². The first-order valence-electron chi connectivity index (χ1n) is 10.4. The molecule has 6 nitrogen and oxygen atoms in total. The third kappa shape index (κ3) is 4.43. The fraction of sp³-hybridized carbons (Fsp3) is 0.435. The Balaban J connectivity index is 1.98. The van der Waals surface area contributed by atoms with E-state index in [1.54, 1.807) is 25.1 Å². The maximum absolute atomic E-state index is 13.5. The molecular formula is C23H31N3O3S. The lowest BCUT2D eigenvalue weighted by Gasteiger charge is -2.40. The van der Waals surface area contributed by atoms with Crippen molar-refractivity contribution in [3.05, 3.63) is 65.2 Å².